The number of hydrogen-bond acceptors (Lipinski definition) is 3. The summed E-state index contributed by atoms with van der Waals surface area (Å²) in [4.78, 5) is 17.9. The number of aliphatic imine (C=N–C) groups is 1. The van der Waals surface area contributed by atoms with E-state index in [0.29, 0.717) is 6.54 Å². The summed E-state index contributed by atoms with van der Waals surface area (Å²) in [5, 5.41) is 11.8. The van der Waals surface area contributed by atoms with Crippen molar-refractivity contribution >= 4 is 28.9 Å². The van der Waals surface area contributed by atoms with Crippen LogP contribution in [0.5, 0.6) is 0 Å². The molecule has 3 N–H and O–H groups in total. The molecule has 1 amide bonds. The van der Waals surface area contributed by atoms with Crippen molar-refractivity contribution < 1.29 is 4.79 Å². The highest BCUT2D eigenvalue weighted by atomic mass is 32.1. The number of rotatable bonds is 7. The first-order valence-electron chi connectivity index (χ1n) is 9.61. The van der Waals surface area contributed by atoms with Gasteiger partial charge < -0.3 is 16.0 Å². The second-order valence-electron chi connectivity index (χ2n) is 6.85. The van der Waals surface area contributed by atoms with Crippen molar-refractivity contribution in [1.82, 2.24) is 10.6 Å². The van der Waals surface area contributed by atoms with Crippen molar-refractivity contribution in [3.05, 3.63) is 52.2 Å². The maximum absolute atomic E-state index is 12.3. The average molecular weight is 385 g/mol. The predicted molar refractivity (Wildman–Crippen MR) is 113 cm³/mol. The monoisotopic (exact) mass is 384 g/mol. The molecule has 0 spiro atoms. The minimum absolute atomic E-state index is 0.156. The van der Waals surface area contributed by atoms with Crippen molar-refractivity contribution in [1.29, 1.82) is 0 Å². The van der Waals surface area contributed by atoms with Gasteiger partial charge in [0.25, 0.3) is 0 Å². The van der Waals surface area contributed by atoms with Gasteiger partial charge in [-0.2, -0.15) is 0 Å². The van der Waals surface area contributed by atoms with E-state index in [9.17, 15) is 4.79 Å². The molecule has 1 saturated carbocycles. The summed E-state index contributed by atoms with van der Waals surface area (Å²) < 4.78 is 0. The fraction of sp³-hybridized carbons (Fsp3) is 0.429. The number of amides is 1. The Morgan fingerprint density at radius 3 is 2.78 bits per heavy atom. The summed E-state index contributed by atoms with van der Waals surface area (Å²) in [6.45, 7) is 1.50. The van der Waals surface area contributed by atoms with E-state index in [1.807, 2.05) is 18.2 Å². The van der Waals surface area contributed by atoms with Gasteiger partial charge in [0.1, 0.15) is 0 Å². The zero-order valence-corrected chi connectivity index (χ0v) is 16.6. The quantitative estimate of drug-likeness (QED) is 0.503. The fourth-order valence-corrected chi connectivity index (χ4v) is 4.07. The van der Waals surface area contributed by atoms with Gasteiger partial charge in [0.15, 0.2) is 5.96 Å². The number of nitrogens with zero attached hydrogens (tertiary/aromatic N) is 1. The highest BCUT2D eigenvalue weighted by Gasteiger charge is 2.22. The summed E-state index contributed by atoms with van der Waals surface area (Å²) in [6.07, 6.45) is 5.35. The molecule has 0 bridgehead atoms. The molecule has 1 aliphatic rings. The lowest BCUT2D eigenvalue weighted by atomic mass is 10.1. The lowest BCUT2D eigenvalue weighted by molar-refractivity contribution is -0.119. The van der Waals surface area contributed by atoms with Gasteiger partial charge in [-0.25, -0.2) is 0 Å². The fourth-order valence-electron chi connectivity index (χ4n) is 3.36. The van der Waals surface area contributed by atoms with E-state index in [1.165, 1.54) is 17.7 Å². The van der Waals surface area contributed by atoms with Crippen LogP contribution < -0.4 is 16.0 Å². The highest BCUT2D eigenvalue weighted by molar-refractivity contribution is 7.09. The minimum atomic E-state index is 0.156. The number of carbonyl (C=O) groups excluding carboxylic acids is 1. The molecule has 1 aromatic carbocycles. The topological polar surface area (TPSA) is 65.5 Å². The largest absolute Gasteiger partial charge is 0.356 e. The Morgan fingerprint density at radius 1 is 1.19 bits per heavy atom. The van der Waals surface area contributed by atoms with Crippen LogP contribution >= 0.6 is 11.3 Å². The third-order valence-electron chi connectivity index (χ3n) is 4.85. The molecule has 0 unspecified atom stereocenters. The molecule has 1 heterocycles. The molecule has 6 heteroatoms. The zero-order chi connectivity index (χ0) is 18.9. The van der Waals surface area contributed by atoms with Crippen molar-refractivity contribution in [2.75, 3.05) is 18.9 Å². The lowest BCUT2D eigenvalue weighted by Crippen LogP contribution is -2.37. The normalized spacial score (nSPS) is 14.9. The van der Waals surface area contributed by atoms with Gasteiger partial charge in [0.05, 0.1) is 0 Å². The third kappa shape index (κ3) is 6.10. The van der Waals surface area contributed by atoms with Crippen LogP contribution in [-0.2, 0) is 17.8 Å². The van der Waals surface area contributed by atoms with Gasteiger partial charge in [0, 0.05) is 36.6 Å². The Labute approximate surface area is 165 Å². The van der Waals surface area contributed by atoms with Crippen LogP contribution in [0, 0.1) is 5.92 Å². The van der Waals surface area contributed by atoms with E-state index in [1.54, 1.807) is 18.4 Å². The molecular weight excluding hydrogens is 356 g/mol. The van der Waals surface area contributed by atoms with Crippen LogP contribution in [0.25, 0.3) is 0 Å². The molecule has 0 saturated heterocycles. The van der Waals surface area contributed by atoms with Gasteiger partial charge in [-0.1, -0.05) is 31.0 Å². The average Bonchev–Trinajstić information content (AvgIpc) is 3.38. The molecule has 5 nitrogen and oxygen atoms in total. The van der Waals surface area contributed by atoms with Crippen molar-refractivity contribution in [3.63, 3.8) is 0 Å². The first kappa shape index (κ1) is 19.4. The van der Waals surface area contributed by atoms with E-state index >= 15 is 0 Å². The molecule has 0 radical (unpaired) electrons. The Kier molecular flexibility index (Phi) is 7.27. The summed E-state index contributed by atoms with van der Waals surface area (Å²) in [6, 6.07) is 12.2. The summed E-state index contributed by atoms with van der Waals surface area (Å²) >= 11 is 1.77. The SMILES string of the molecule is CN=C(NCCc1cccs1)NCc1cccc(NC(=O)C2CCCC2)c1. The Hall–Kier alpha value is -2.34. The van der Waals surface area contributed by atoms with Gasteiger partial charge in [-0.15, -0.1) is 11.3 Å². The number of anilines is 1. The van der Waals surface area contributed by atoms with Crippen LogP contribution in [0.2, 0.25) is 0 Å². The molecular formula is C21H28N4OS. The molecule has 0 aliphatic heterocycles. The highest BCUT2D eigenvalue weighted by Crippen LogP contribution is 2.26. The maximum Gasteiger partial charge on any atom is 0.227 e. The molecule has 144 valence electrons. The Balaban J connectivity index is 1.45. The summed E-state index contributed by atoms with van der Waals surface area (Å²) in [5.41, 5.74) is 1.98. The first-order chi connectivity index (χ1) is 13.2. The number of hydrogen-bond donors (Lipinski definition) is 3. The summed E-state index contributed by atoms with van der Waals surface area (Å²) in [5.74, 6) is 1.12. The van der Waals surface area contributed by atoms with Crippen molar-refractivity contribution in [2.45, 2.75) is 38.6 Å². The van der Waals surface area contributed by atoms with E-state index in [0.717, 1.165) is 43.0 Å². The molecule has 1 aliphatic carbocycles. The van der Waals surface area contributed by atoms with Crippen LogP contribution in [0.3, 0.4) is 0 Å². The van der Waals surface area contributed by atoms with Crippen molar-refractivity contribution in [2.24, 2.45) is 10.9 Å². The van der Waals surface area contributed by atoms with Crippen LogP contribution in [0.1, 0.15) is 36.1 Å². The van der Waals surface area contributed by atoms with Crippen molar-refractivity contribution in [3.8, 4) is 0 Å². The van der Waals surface area contributed by atoms with Gasteiger partial charge >= 0.3 is 0 Å². The number of nitrogens with one attached hydrogen (secondary N) is 3. The molecule has 27 heavy (non-hydrogen) atoms. The first-order valence-corrected chi connectivity index (χ1v) is 10.5. The predicted octanol–water partition coefficient (Wildman–Crippen LogP) is 3.78. The smallest absolute Gasteiger partial charge is 0.227 e. The number of benzene rings is 1. The lowest BCUT2D eigenvalue weighted by Gasteiger charge is -2.13. The zero-order valence-electron chi connectivity index (χ0n) is 15.8. The number of thiophene rings is 1. The standard InChI is InChI=1S/C21H28N4OS/c1-22-21(23-12-11-19-10-5-13-27-19)24-15-16-6-4-9-18(14-16)25-20(26)17-7-2-3-8-17/h4-6,9-10,13-14,17H,2-3,7-8,11-12,15H2,1H3,(H,25,26)(H2,22,23,24). The maximum atomic E-state index is 12.3. The van der Waals surface area contributed by atoms with Crippen LogP contribution in [0.4, 0.5) is 5.69 Å². The molecule has 3 rings (SSSR count). The molecule has 2 aromatic rings. The Bertz CT molecular complexity index is 751. The minimum Gasteiger partial charge on any atom is -0.356 e. The summed E-state index contributed by atoms with van der Waals surface area (Å²) in [7, 11) is 1.78. The van der Waals surface area contributed by atoms with Crippen LogP contribution in [0.15, 0.2) is 46.8 Å². The molecule has 1 aromatic heterocycles. The Morgan fingerprint density at radius 2 is 2.04 bits per heavy atom. The third-order valence-corrected chi connectivity index (χ3v) is 5.78. The van der Waals surface area contributed by atoms with Gasteiger partial charge in [0.2, 0.25) is 5.91 Å². The number of guanidine groups is 1. The van der Waals surface area contributed by atoms with Gasteiger partial charge in [-0.05, 0) is 48.4 Å². The second-order valence-corrected chi connectivity index (χ2v) is 7.89. The van der Waals surface area contributed by atoms with E-state index in [4.69, 9.17) is 0 Å². The second kappa shape index (κ2) is 10.1. The van der Waals surface area contributed by atoms with E-state index in [-0.39, 0.29) is 11.8 Å². The van der Waals surface area contributed by atoms with Gasteiger partial charge in [-0.3, -0.25) is 9.79 Å². The molecule has 1 fully saturated rings. The number of carbonyl (C=O) groups is 1. The van der Waals surface area contributed by atoms with Crippen LogP contribution in [-0.4, -0.2) is 25.5 Å². The van der Waals surface area contributed by atoms with E-state index in [2.05, 4.69) is 44.5 Å². The van der Waals surface area contributed by atoms with E-state index < -0.39 is 0 Å². The molecule has 0 atom stereocenters.